The van der Waals surface area contributed by atoms with E-state index in [2.05, 4.69) is 41.5 Å². The van der Waals surface area contributed by atoms with Crippen molar-refractivity contribution in [2.45, 2.75) is 13.8 Å². The van der Waals surface area contributed by atoms with Gasteiger partial charge in [0.1, 0.15) is 10.3 Å². The van der Waals surface area contributed by atoms with Crippen molar-refractivity contribution >= 4 is 55.6 Å². The van der Waals surface area contributed by atoms with Crippen LogP contribution in [0.4, 0.5) is 10.8 Å². The van der Waals surface area contributed by atoms with Crippen LogP contribution in [0.3, 0.4) is 0 Å². The molecule has 0 saturated heterocycles. The topological polar surface area (TPSA) is 112 Å². The number of hydrogen-bond donors (Lipinski definition) is 2. The van der Waals surface area contributed by atoms with Crippen molar-refractivity contribution in [2.75, 3.05) is 11.1 Å². The summed E-state index contributed by atoms with van der Waals surface area (Å²) in [4.78, 5) is 17.5. The van der Waals surface area contributed by atoms with Crippen LogP contribution in [-0.2, 0) is 0 Å². The number of nitrogens with one attached hydrogen (secondary N) is 1. The molecular formula is C19H15BrClN7OS. The number of anilines is 2. The van der Waals surface area contributed by atoms with Gasteiger partial charge in [-0.3, -0.25) is 4.79 Å². The number of carbonyl (C=O) groups is 1. The van der Waals surface area contributed by atoms with E-state index in [0.29, 0.717) is 31.3 Å². The first-order valence-electron chi connectivity index (χ1n) is 8.72. The molecule has 30 heavy (non-hydrogen) atoms. The summed E-state index contributed by atoms with van der Waals surface area (Å²) in [5, 5.41) is 16.7. The first kappa shape index (κ1) is 20.5. The summed E-state index contributed by atoms with van der Waals surface area (Å²) in [6, 6.07) is 8.91. The van der Waals surface area contributed by atoms with E-state index in [-0.39, 0.29) is 11.6 Å². The summed E-state index contributed by atoms with van der Waals surface area (Å²) < 4.78 is 1.88. The third-order valence-electron chi connectivity index (χ3n) is 4.24. The molecule has 0 atom stereocenters. The van der Waals surface area contributed by atoms with Crippen LogP contribution in [0.15, 0.2) is 41.1 Å². The SMILES string of the molecule is Cc1cc(C)c(NC(=O)c2cc(Br)nn2-c2ncccc2Cl)c(-c2nnc(N)s2)c1. The zero-order valence-corrected chi connectivity index (χ0v) is 19.0. The Balaban J connectivity index is 1.77. The lowest BCUT2D eigenvalue weighted by molar-refractivity contribution is 0.101. The molecule has 0 bridgehead atoms. The summed E-state index contributed by atoms with van der Waals surface area (Å²) in [6.07, 6.45) is 1.58. The number of halogens is 2. The maximum atomic E-state index is 13.2. The molecule has 1 aromatic carbocycles. The molecule has 0 fully saturated rings. The smallest absolute Gasteiger partial charge is 0.274 e. The molecule has 4 rings (SSSR count). The molecule has 0 unspecified atom stereocenters. The molecular weight excluding hydrogens is 490 g/mol. The minimum Gasteiger partial charge on any atom is -0.374 e. The van der Waals surface area contributed by atoms with Crippen LogP contribution in [0.25, 0.3) is 16.4 Å². The monoisotopic (exact) mass is 503 g/mol. The van der Waals surface area contributed by atoms with Gasteiger partial charge in [0.15, 0.2) is 10.8 Å². The fourth-order valence-corrected chi connectivity index (χ4v) is 4.24. The number of nitrogens with two attached hydrogens (primary N) is 1. The Morgan fingerprint density at radius 3 is 2.77 bits per heavy atom. The average Bonchev–Trinajstić information content (AvgIpc) is 3.29. The zero-order valence-electron chi connectivity index (χ0n) is 15.8. The lowest BCUT2D eigenvalue weighted by atomic mass is 10.0. The lowest BCUT2D eigenvalue weighted by Crippen LogP contribution is -2.19. The number of carbonyl (C=O) groups excluding carboxylic acids is 1. The van der Waals surface area contributed by atoms with Crippen LogP contribution in [0, 0.1) is 13.8 Å². The van der Waals surface area contributed by atoms with E-state index in [1.54, 1.807) is 24.4 Å². The van der Waals surface area contributed by atoms with Crippen LogP contribution in [0.1, 0.15) is 21.6 Å². The number of pyridine rings is 1. The molecule has 1 amide bonds. The van der Waals surface area contributed by atoms with E-state index in [9.17, 15) is 4.79 Å². The van der Waals surface area contributed by atoms with Gasteiger partial charge in [0.05, 0.1) is 10.7 Å². The molecule has 0 aliphatic heterocycles. The van der Waals surface area contributed by atoms with E-state index in [4.69, 9.17) is 17.3 Å². The van der Waals surface area contributed by atoms with Crippen molar-refractivity contribution in [3.8, 4) is 16.4 Å². The highest BCUT2D eigenvalue weighted by molar-refractivity contribution is 9.10. The Bertz CT molecular complexity index is 1270. The highest BCUT2D eigenvalue weighted by Gasteiger charge is 2.21. The molecule has 3 heterocycles. The zero-order chi connectivity index (χ0) is 21.4. The van der Waals surface area contributed by atoms with Gasteiger partial charge < -0.3 is 11.1 Å². The fourth-order valence-electron chi connectivity index (χ4n) is 3.03. The molecule has 0 aliphatic rings. The second-order valence-corrected chi connectivity index (χ2v) is 8.71. The Morgan fingerprint density at radius 2 is 2.07 bits per heavy atom. The second kappa shape index (κ2) is 8.13. The standard InChI is InChI=1S/C19H15BrClN7OS/c1-9-6-10(2)15(11(7-9)18-25-26-19(22)30-18)24-17(29)13-8-14(20)27-28(13)16-12(21)4-3-5-23-16/h3-8H,1-2H3,(H2,22,26)(H,24,29). The molecule has 152 valence electrons. The van der Waals surface area contributed by atoms with Gasteiger partial charge in [0.2, 0.25) is 5.13 Å². The van der Waals surface area contributed by atoms with Crippen LogP contribution < -0.4 is 11.1 Å². The highest BCUT2D eigenvalue weighted by atomic mass is 79.9. The second-order valence-electron chi connectivity index (χ2n) is 6.48. The molecule has 0 spiro atoms. The van der Waals surface area contributed by atoms with Gasteiger partial charge in [-0.15, -0.1) is 10.2 Å². The first-order valence-corrected chi connectivity index (χ1v) is 10.7. The van der Waals surface area contributed by atoms with E-state index in [1.165, 1.54) is 16.0 Å². The molecule has 3 N–H and O–H groups in total. The van der Waals surface area contributed by atoms with Crippen molar-refractivity contribution in [3.05, 3.63) is 63.0 Å². The third kappa shape index (κ3) is 3.93. The summed E-state index contributed by atoms with van der Waals surface area (Å²) >= 11 is 10.8. The highest BCUT2D eigenvalue weighted by Crippen LogP contribution is 2.35. The molecule has 0 saturated carbocycles. The summed E-state index contributed by atoms with van der Waals surface area (Å²) in [7, 11) is 0. The van der Waals surface area contributed by atoms with Crippen molar-refractivity contribution in [2.24, 2.45) is 0 Å². The predicted octanol–water partition coefficient (Wildman–Crippen LogP) is 4.65. The molecule has 4 aromatic rings. The van der Waals surface area contributed by atoms with Gasteiger partial charge in [0, 0.05) is 17.8 Å². The molecule has 0 radical (unpaired) electrons. The van der Waals surface area contributed by atoms with Gasteiger partial charge in [0.25, 0.3) is 5.91 Å². The minimum atomic E-state index is -0.374. The summed E-state index contributed by atoms with van der Waals surface area (Å²) in [5.41, 5.74) is 9.31. The Kier molecular flexibility index (Phi) is 5.54. The fraction of sp³-hybridized carbons (Fsp3) is 0.105. The largest absolute Gasteiger partial charge is 0.374 e. The van der Waals surface area contributed by atoms with Crippen molar-refractivity contribution in [1.82, 2.24) is 25.0 Å². The number of nitrogens with zero attached hydrogens (tertiary/aromatic N) is 5. The maximum absolute atomic E-state index is 13.2. The molecule has 0 aliphatic carbocycles. The van der Waals surface area contributed by atoms with Crippen LogP contribution in [0.2, 0.25) is 5.02 Å². The molecule has 3 aromatic heterocycles. The number of aromatic nitrogens is 5. The van der Waals surface area contributed by atoms with Crippen molar-refractivity contribution in [1.29, 1.82) is 0 Å². The van der Waals surface area contributed by atoms with E-state index in [0.717, 1.165) is 16.7 Å². The van der Waals surface area contributed by atoms with Crippen LogP contribution >= 0.6 is 38.9 Å². The van der Waals surface area contributed by atoms with Gasteiger partial charge in [-0.2, -0.15) is 5.10 Å². The Morgan fingerprint density at radius 1 is 1.27 bits per heavy atom. The number of benzene rings is 1. The average molecular weight is 505 g/mol. The van der Waals surface area contributed by atoms with E-state index >= 15 is 0 Å². The van der Waals surface area contributed by atoms with Gasteiger partial charge in [-0.1, -0.05) is 34.6 Å². The Hall–Kier alpha value is -2.82. The number of nitrogen functional groups attached to an aromatic ring is 1. The lowest BCUT2D eigenvalue weighted by Gasteiger charge is -2.14. The quantitative estimate of drug-likeness (QED) is 0.418. The summed E-state index contributed by atoms with van der Waals surface area (Å²) in [6.45, 7) is 3.89. The van der Waals surface area contributed by atoms with Gasteiger partial charge in [-0.05, 0) is 53.5 Å². The number of rotatable bonds is 4. The summed E-state index contributed by atoms with van der Waals surface area (Å²) in [5.74, 6) is -0.0200. The molecule has 11 heteroatoms. The van der Waals surface area contributed by atoms with Gasteiger partial charge >= 0.3 is 0 Å². The first-order chi connectivity index (χ1) is 14.3. The number of hydrogen-bond acceptors (Lipinski definition) is 7. The number of amides is 1. The number of aryl methyl sites for hydroxylation is 2. The molecule has 8 nitrogen and oxygen atoms in total. The normalized spacial score (nSPS) is 10.9. The van der Waals surface area contributed by atoms with E-state index < -0.39 is 0 Å². The van der Waals surface area contributed by atoms with Gasteiger partial charge in [-0.25, -0.2) is 9.67 Å². The Labute approximate surface area is 189 Å². The predicted molar refractivity (Wildman–Crippen MR) is 121 cm³/mol. The van der Waals surface area contributed by atoms with E-state index in [1.807, 2.05) is 26.0 Å². The minimum absolute atomic E-state index is 0.269. The van der Waals surface area contributed by atoms with Crippen molar-refractivity contribution < 1.29 is 4.79 Å². The third-order valence-corrected chi connectivity index (χ3v) is 5.71. The van der Waals surface area contributed by atoms with Crippen molar-refractivity contribution in [3.63, 3.8) is 0 Å². The maximum Gasteiger partial charge on any atom is 0.274 e. The van der Waals surface area contributed by atoms with Crippen LogP contribution in [0.5, 0.6) is 0 Å². The van der Waals surface area contributed by atoms with Crippen LogP contribution in [-0.4, -0.2) is 30.9 Å².